The van der Waals surface area contributed by atoms with Gasteiger partial charge in [0.25, 0.3) is 0 Å². The maximum atomic E-state index is 14.2. The van der Waals surface area contributed by atoms with Crippen LogP contribution in [0.25, 0.3) is 27.7 Å². The third-order valence-electron chi connectivity index (χ3n) is 7.53. The van der Waals surface area contributed by atoms with Gasteiger partial charge in [-0.2, -0.15) is 27.0 Å². The SMILES string of the molecule is Cc1nc(N2CCC3(CC2)CO[C@@H](C)[C@H]3N)n2ccnc2c1-c1cccc2c(F)c[nH]c12.S.S. The van der Waals surface area contributed by atoms with E-state index in [0.717, 1.165) is 66.5 Å². The predicted molar refractivity (Wildman–Crippen MR) is 143 cm³/mol. The summed E-state index contributed by atoms with van der Waals surface area (Å²) in [5.74, 6) is 0.632. The lowest BCUT2D eigenvalue weighted by molar-refractivity contribution is 0.0973. The molecule has 2 aliphatic heterocycles. The van der Waals surface area contributed by atoms with Crippen molar-refractivity contribution in [3.8, 4) is 11.1 Å². The number of piperidine rings is 1. The van der Waals surface area contributed by atoms with Gasteiger partial charge in [-0.25, -0.2) is 14.4 Å². The number of halogens is 1. The Hall–Kier alpha value is -2.27. The highest BCUT2D eigenvalue weighted by molar-refractivity contribution is 7.59. The van der Waals surface area contributed by atoms with Crippen LogP contribution < -0.4 is 10.6 Å². The van der Waals surface area contributed by atoms with Gasteiger partial charge in [0.1, 0.15) is 11.5 Å². The number of nitrogens with zero attached hydrogens (tertiary/aromatic N) is 4. The number of nitrogens with two attached hydrogens (primary N) is 1. The van der Waals surface area contributed by atoms with Crippen LogP contribution in [0.2, 0.25) is 0 Å². The summed E-state index contributed by atoms with van der Waals surface area (Å²) < 4.78 is 22.1. The molecular weight excluding hydrogens is 471 g/mol. The van der Waals surface area contributed by atoms with E-state index in [0.29, 0.717) is 5.39 Å². The number of anilines is 1. The topological polar surface area (TPSA) is 84.5 Å². The van der Waals surface area contributed by atoms with Gasteiger partial charge in [0.05, 0.1) is 23.9 Å². The fraction of sp³-hybridized carbons (Fsp3) is 0.417. The van der Waals surface area contributed by atoms with E-state index in [1.54, 1.807) is 12.3 Å². The van der Waals surface area contributed by atoms with Gasteiger partial charge in [-0.15, -0.1) is 0 Å². The molecular formula is C24H31FN6OS2. The molecule has 10 heteroatoms. The van der Waals surface area contributed by atoms with Gasteiger partial charge >= 0.3 is 0 Å². The monoisotopic (exact) mass is 502 g/mol. The van der Waals surface area contributed by atoms with Crippen LogP contribution in [0.15, 0.2) is 36.8 Å². The number of benzene rings is 1. The Morgan fingerprint density at radius 1 is 1.24 bits per heavy atom. The smallest absolute Gasteiger partial charge is 0.211 e. The van der Waals surface area contributed by atoms with Gasteiger partial charge in [0.15, 0.2) is 0 Å². The van der Waals surface area contributed by atoms with Crippen molar-refractivity contribution >= 4 is 49.5 Å². The highest BCUT2D eigenvalue weighted by atomic mass is 32.1. The zero-order valence-electron chi connectivity index (χ0n) is 19.3. The van der Waals surface area contributed by atoms with E-state index in [9.17, 15) is 4.39 Å². The van der Waals surface area contributed by atoms with Crippen molar-refractivity contribution in [3.63, 3.8) is 0 Å². The number of para-hydroxylation sites is 1. The van der Waals surface area contributed by atoms with Crippen LogP contribution in [-0.2, 0) is 4.74 Å². The molecule has 2 atom stereocenters. The summed E-state index contributed by atoms with van der Waals surface area (Å²) in [5, 5.41) is 0.571. The number of fused-ring (bicyclic) bond motifs is 2. The molecule has 0 bridgehead atoms. The van der Waals surface area contributed by atoms with Gasteiger partial charge < -0.3 is 20.4 Å². The Morgan fingerprint density at radius 2 is 2.00 bits per heavy atom. The Balaban J connectivity index is 0.00000137. The number of imidazole rings is 1. The Bertz CT molecular complexity index is 1330. The summed E-state index contributed by atoms with van der Waals surface area (Å²) in [6.45, 7) is 6.56. The number of aromatic nitrogens is 4. The molecule has 2 aliphatic rings. The average Bonchev–Trinajstić information content (AvgIpc) is 3.50. The standard InChI is InChI=1S/C24H27FN6O.2H2S/c1-14-19(17-5-3-4-16-18(25)12-28-20(16)17)22-27-8-11-31(22)23(29-14)30-9-6-24(7-10-30)13-32-15(2)21(24)26;;/h3-5,8,11-12,15,21,28H,6-7,9-10,13,26H2,1-2H3;2*1H2/t15-,21+;;/m0../s1. The summed E-state index contributed by atoms with van der Waals surface area (Å²) in [4.78, 5) is 15.1. The minimum absolute atomic E-state index is 0. The number of hydrogen-bond donors (Lipinski definition) is 2. The second kappa shape index (κ2) is 9.07. The lowest BCUT2D eigenvalue weighted by Crippen LogP contribution is -2.51. The lowest BCUT2D eigenvalue weighted by Gasteiger charge is -2.41. The molecule has 4 aromatic rings. The molecule has 3 N–H and O–H groups in total. The fourth-order valence-corrected chi connectivity index (χ4v) is 5.56. The molecule has 3 aromatic heterocycles. The molecule has 0 unspecified atom stereocenters. The molecule has 1 aromatic carbocycles. The fourth-order valence-electron chi connectivity index (χ4n) is 5.56. The first-order valence-electron chi connectivity index (χ1n) is 11.2. The van der Waals surface area contributed by atoms with Crippen LogP contribution in [0, 0.1) is 18.2 Å². The number of aromatic amines is 1. The Labute approximate surface area is 211 Å². The molecule has 2 saturated heterocycles. The van der Waals surface area contributed by atoms with E-state index in [2.05, 4.69) is 21.8 Å². The number of ether oxygens (including phenoxy) is 1. The van der Waals surface area contributed by atoms with E-state index in [1.807, 2.05) is 29.7 Å². The highest BCUT2D eigenvalue weighted by Gasteiger charge is 2.47. The van der Waals surface area contributed by atoms with Crippen molar-refractivity contribution in [3.05, 3.63) is 48.3 Å². The van der Waals surface area contributed by atoms with Crippen LogP contribution in [-0.4, -0.2) is 51.2 Å². The minimum Gasteiger partial charge on any atom is -0.376 e. The maximum absolute atomic E-state index is 14.2. The van der Waals surface area contributed by atoms with Gasteiger partial charge in [-0.05, 0) is 32.8 Å². The summed E-state index contributed by atoms with van der Waals surface area (Å²) in [5.41, 5.74) is 10.8. The molecule has 0 saturated carbocycles. The van der Waals surface area contributed by atoms with E-state index in [-0.39, 0.29) is 50.4 Å². The lowest BCUT2D eigenvalue weighted by atomic mass is 9.73. The van der Waals surface area contributed by atoms with Gasteiger partial charge in [0.2, 0.25) is 5.95 Å². The highest BCUT2D eigenvalue weighted by Crippen LogP contribution is 2.42. The molecule has 34 heavy (non-hydrogen) atoms. The van der Waals surface area contributed by atoms with Gasteiger partial charge in [-0.3, -0.25) is 4.40 Å². The van der Waals surface area contributed by atoms with Gasteiger partial charge in [0, 0.05) is 59.7 Å². The van der Waals surface area contributed by atoms with Crippen LogP contribution in [0.5, 0.6) is 0 Å². The third-order valence-corrected chi connectivity index (χ3v) is 7.53. The second-order valence-corrected chi connectivity index (χ2v) is 9.25. The van der Waals surface area contributed by atoms with E-state index in [1.165, 1.54) is 6.20 Å². The summed E-state index contributed by atoms with van der Waals surface area (Å²) >= 11 is 0. The summed E-state index contributed by atoms with van der Waals surface area (Å²) in [6.07, 6.45) is 7.23. The van der Waals surface area contributed by atoms with E-state index in [4.69, 9.17) is 15.5 Å². The van der Waals surface area contributed by atoms with Crippen molar-refractivity contribution in [2.24, 2.45) is 11.1 Å². The maximum Gasteiger partial charge on any atom is 0.211 e. The predicted octanol–water partition coefficient (Wildman–Crippen LogP) is 3.88. The zero-order chi connectivity index (χ0) is 22.0. The first-order valence-corrected chi connectivity index (χ1v) is 11.2. The largest absolute Gasteiger partial charge is 0.376 e. The number of rotatable bonds is 2. The van der Waals surface area contributed by atoms with Crippen LogP contribution in [0.3, 0.4) is 0 Å². The van der Waals surface area contributed by atoms with Crippen molar-refractivity contribution in [1.29, 1.82) is 0 Å². The summed E-state index contributed by atoms with van der Waals surface area (Å²) in [7, 11) is 0. The van der Waals surface area contributed by atoms with Crippen molar-refractivity contribution in [1.82, 2.24) is 19.4 Å². The van der Waals surface area contributed by atoms with Crippen LogP contribution >= 0.6 is 27.0 Å². The van der Waals surface area contributed by atoms with Crippen LogP contribution in [0.1, 0.15) is 25.5 Å². The number of nitrogens with one attached hydrogen (secondary N) is 1. The Kier molecular flexibility index (Phi) is 6.63. The van der Waals surface area contributed by atoms with Crippen LogP contribution in [0.4, 0.5) is 10.3 Å². The normalized spacial score (nSPS) is 21.7. The molecule has 2 fully saturated rings. The molecule has 182 valence electrons. The first kappa shape index (κ1) is 24.8. The molecule has 0 aliphatic carbocycles. The molecule has 5 heterocycles. The number of H-pyrrole nitrogens is 1. The third kappa shape index (κ3) is 3.59. The average molecular weight is 503 g/mol. The first-order chi connectivity index (χ1) is 15.5. The molecule has 6 rings (SSSR count). The zero-order valence-corrected chi connectivity index (χ0v) is 21.3. The second-order valence-electron chi connectivity index (χ2n) is 9.25. The van der Waals surface area contributed by atoms with E-state index < -0.39 is 0 Å². The van der Waals surface area contributed by atoms with Crippen molar-refractivity contribution < 1.29 is 9.13 Å². The van der Waals surface area contributed by atoms with Crippen molar-refractivity contribution in [2.45, 2.75) is 38.8 Å². The minimum atomic E-state index is -0.255. The van der Waals surface area contributed by atoms with Gasteiger partial charge in [-0.1, -0.05) is 12.1 Å². The van der Waals surface area contributed by atoms with E-state index >= 15 is 0 Å². The molecule has 0 radical (unpaired) electrons. The van der Waals surface area contributed by atoms with Crippen molar-refractivity contribution in [2.75, 3.05) is 24.6 Å². The molecule has 0 amide bonds. The molecule has 1 spiro atoms. The molecule has 7 nitrogen and oxygen atoms in total. The number of aryl methyl sites for hydroxylation is 1. The Morgan fingerprint density at radius 3 is 2.71 bits per heavy atom. The quantitative estimate of drug-likeness (QED) is 0.435. The number of hydrogen-bond acceptors (Lipinski definition) is 5. The summed E-state index contributed by atoms with van der Waals surface area (Å²) in [6, 6.07) is 5.73.